The molecule has 0 bridgehead atoms. The summed E-state index contributed by atoms with van der Waals surface area (Å²) in [6.07, 6.45) is 2.58. The van der Waals surface area contributed by atoms with E-state index >= 15 is 0 Å². The highest BCUT2D eigenvalue weighted by Crippen LogP contribution is 2.17. The first-order valence-corrected chi connectivity index (χ1v) is 7.65. The number of hydrogen-bond acceptors (Lipinski definition) is 6. The quantitative estimate of drug-likeness (QED) is 0.858. The number of ether oxygens (including phenoxy) is 1. The minimum atomic E-state index is -3.53. The zero-order valence-electron chi connectivity index (χ0n) is 11.0. The van der Waals surface area contributed by atoms with Crippen molar-refractivity contribution in [2.75, 3.05) is 31.6 Å². The molecule has 0 saturated carbocycles. The lowest BCUT2D eigenvalue weighted by Crippen LogP contribution is -2.44. The fourth-order valence-corrected chi connectivity index (χ4v) is 3.24. The monoisotopic (exact) mass is 286 g/mol. The van der Waals surface area contributed by atoms with Gasteiger partial charge in [0.15, 0.2) is 0 Å². The topological polar surface area (TPSA) is 84.4 Å². The predicted octanol–water partition coefficient (Wildman–Crippen LogP) is 0.318. The number of aromatic nitrogens is 2. The average molecular weight is 286 g/mol. The molecule has 0 amide bonds. The van der Waals surface area contributed by atoms with Crippen LogP contribution in [0.15, 0.2) is 17.3 Å². The van der Waals surface area contributed by atoms with Gasteiger partial charge in [-0.15, -0.1) is 0 Å². The molecule has 1 atom stereocenters. The molecular weight excluding hydrogens is 268 g/mol. The van der Waals surface area contributed by atoms with Gasteiger partial charge >= 0.3 is 0 Å². The van der Waals surface area contributed by atoms with Crippen molar-refractivity contribution in [3.05, 3.63) is 12.4 Å². The summed E-state index contributed by atoms with van der Waals surface area (Å²) in [7, 11) is -3.53. The Kier molecular flexibility index (Phi) is 4.33. The van der Waals surface area contributed by atoms with Gasteiger partial charge in [-0.05, 0) is 13.8 Å². The van der Waals surface area contributed by atoms with Crippen molar-refractivity contribution in [1.82, 2.24) is 14.3 Å². The van der Waals surface area contributed by atoms with Gasteiger partial charge in [0, 0.05) is 19.6 Å². The summed E-state index contributed by atoms with van der Waals surface area (Å²) >= 11 is 0. The standard InChI is InChI=1S/C11H18N4O3S/c1-3-12-11-13-6-10(7-14-11)19(16,17)15-4-5-18-9(2)8-15/h6-7,9H,3-5,8H2,1-2H3,(H,12,13,14). The SMILES string of the molecule is CCNc1ncc(S(=O)(=O)N2CCOC(C)C2)cn1. The third-order valence-electron chi connectivity index (χ3n) is 2.80. The molecule has 1 aromatic rings. The maximum absolute atomic E-state index is 12.4. The summed E-state index contributed by atoms with van der Waals surface area (Å²) < 4.78 is 31.5. The van der Waals surface area contributed by atoms with Crippen molar-refractivity contribution in [1.29, 1.82) is 0 Å². The lowest BCUT2D eigenvalue weighted by Gasteiger charge is -2.30. The van der Waals surface area contributed by atoms with Crippen LogP contribution in [0.3, 0.4) is 0 Å². The van der Waals surface area contributed by atoms with Gasteiger partial charge in [0.1, 0.15) is 4.90 Å². The number of nitrogens with zero attached hydrogens (tertiary/aromatic N) is 3. The average Bonchev–Trinajstić information content (AvgIpc) is 2.40. The van der Waals surface area contributed by atoms with E-state index in [9.17, 15) is 8.42 Å². The molecule has 19 heavy (non-hydrogen) atoms. The minimum Gasteiger partial charge on any atom is -0.376 e. The van der Waals surface area contributed by atoms with Gasteiger partial charge in [0.2, 0.25) is 16.0 Å². The fourth-order valence-electron chi connectivity index (χ4n) is 1.85. The smallest absolute Gasteiger partial charge is 0.246 e. The van der Waals surface area contributed by atoms with Crippen LogP contribution < -0.4 is 5.32 Å². The molecule has 2 rings (SSSR count). The first kappa shape index (κ1) is 14.2. The van der Waals surface area contributed by atoms with E-state index in [0.717, 1.165) is 0 Å². The molecule has 0 aromatic carbocycles. The van der Waals surface area contributed by atoms with Crippen LogP contribution in [0.1, 0.15) is 13.8 Å². The normalized spacial score (nSPS) is 21.3. The van der Waals surface area contributed by atoms with Gasteiger partial charge in [-0.3, -0.25) is 0 Å². The lowest BCUT2D eigenvalue weighted by molar-refractivity contribution is 0.0102. The first-order chi connectivity index (χ1) is 9.04. The first-order valence-electron chi connectivity index (χ1n) is 6.21. The fraction of sp³-hybridized carbons (Fsp3) is 0.636. The van der Waals surface area contributed by atoms with E-state index in [1.54, 1.807) is 0 Å². The summed E-state index contributed by atoms with van der Waals surface area (Å²) in [5.74, 6) is 0.428. The molecule has 0 aliphatic carbocycles. The van der Waals surface area contributed by atoms with E-state index in [4.69, 9.17) is 4.74 Å². The predicted molar refractivity (Wildman–Crippen MR) is 70.4 cm³/mol. The third kappa shape index (κ3) is 3.20. The van der Waals surface area contributed by atoms with Crippen LogP contribution in [0.5, 0.6) is 0 Å². The van der Waals surface area contributed by atoms with E-state index < -0.39 is 10.0 Å². The maximum Gasteiger partial charge on any atom is 0.246 e. The number of hydrogen-bond donors (Lipinski definition) is 1. The molecule has 1 fully saturated rings. The second-order valence-corrected chi connectivity index (χ2v) is 6.26. The van der Waals surface area contributed by atoms with Gasteiger partial charge in [0.05, 0.1) is 25.1 Å². The van der Waals surface area contributed by atoms with Crippen LogP contribution in [0.25, 0.3) is 0 Å². The molecule has 2 heterocycles. The van der Waals surface area contributed by atoms with E-state index in [-0.39, 0.29) is 11.0 Å². The van der Waals surface area contributed by atoms with Gasteiger partial charge in [-0.1, -0.05) is 0 Å². The van der Waals surface area contributed by atoms with Crippen molar-refractivity contribution < 1.29 is 13.2 Å². The number of anilines is 1. The third-order valence-corrected chi connectivity index (χ3v) is 4.62. The molecule has 106 valence electrons. The number of rotatable bonds is 4. The van der Waals surface area contributed by atoms with Crippen molar-refractivity contribution in [3.8, 4) is 0 Å². The summed E-state index contributed by atoms with van der Waals surface area (Å²) in [5, 5.41) is 2.92. The maximum atomic E-state index is 12.4. The Morgan fingerprint density at radius 2 is 2.16 bits per heavy atom. The van der Waals surface area contributed by atoms with Crippen LogP contribution in [0.4, 0.5) is 5.95 Å². The highest BCUT2D eigenvalue weighted by atomic mass is 32.2. The molecule has 1 aliphatic heterocycles. The second kappa shape index (κ2) is 5.81. The number of morpholine rings is 1. The lowest BCUT2D eigenvalue weighted by atomic mass is 10.3. The Balaban J connectivity index is 2.18. The molecule has 1 aromatic heterocycles. The van der Waals surface area contributed by atoms with E-state index in [1.807, 2.05) is 13.8 Å². The van der Waals surface area contributed by atoms with Gasteiger partial charge in [-0.25, -0.2) is 18.4 Å². The summed E-state index contributed by atoms with van der Waals surface area (Å²) in [6, 6.07) is 0. The Morgan fingerprint density at radius 1 is 1.47 bits per heavy atom. The van der Waals surface area contributed by atoms with Crippen molar-refractivity contribution in [2.45, 2.75) is 24.8 Å². The Labute approximate surface area is 113 Å². The Hall–Kier alpha value is -1.25. The summed E-state index contributed by atoms with van der Waals surface area (Å²) in [5.41, 5.74) is 0. The largest absolute Gasteiger partial charge is 0.376 e. The van der Waals surface area contributed by atoms with Crippen LogP contribution in [-0.2, 0) is 14.8 Å². The molecule has 7 nitrogen and oxygen atoms in total. The molecule has 0 spiro atoms. The van der Waals surface area contributed by atoms with Crippen molar-refractivity contribution in [2.24, 2.45) is 0 Å². The van der Waals surface area contributed by atoms with E-state index in [0.29, 0.717) is 32.2 Å². The van der Waals surface area contributed by atoms with Gasteiger partial charge < -0.3 is 10.1 Å². The summed E-state index contributed by atoms with van der Waals surface area (Å²) in [4.78, 5) is 8.09. The summed E-state index contributed by atoms with van der Waals surface area (Å²) in [6.45, 7) is 5.60. The molecule has 1 aliphatic rings. The van der Waals surface area contributed by atoms with E-state index in [1.165, 1.54) is 16.7 Å². The van der Waals surface area contributed by atoms with Gasteiger partial charge in [-0.2, -0.15) is 4.31 Å². The highest BCUT2D eigenvalue weighted by molar-refractivity contribution is 7.89. The van der Waals surface area contributed by atoms with E-state index in [2.05, 4.69) is 15.3 Å². The molecular formula is C11H18N4O3S. The van der Waals surface area contributed by atoms with Crippen LogP contribution >= 0.6 is 0 Å². The second-order valence-electron chi connectivity index (χ2n) is 4.32. The molecule has 8 heteroatoms. The molecule has 0 radical (unpaired) electrons. The van der Waals surface area contributed by atoms with Crippen LogP contribution in [0, 0.1) is 0 Å². The highest BCUT2D eigenvalue weighted by Gasteiger charge is 2.29. The van der Waals surface area contributed by atoms with Crippen molar-refractivity contribution >= 4 is 16.0 Å². The number of sulfonamides is 1. The minimum absolute atomic E-state index is 0.0922. The Bertz CT molecular complexity index is 517. The van der Waals surface area contributed by atoms with Crippen molar-refractivity contribution in [3.63, 3.8) is 0 Å². The zero-order valence-corrected chi connectivity index (χ0v) is 11.9. The molecule has 1 saturated heterocycles. The van der Waals surface area contributed by atoms with Crippen LogP contribution in [-0.4, -0.2) is 55.0 Å². The number of nitrogens with one attached hydrogen (secondary N) is 1. The van der Waals surface area contributed by atoms with Gasteiger partial charge in [0.25, 0.3) is 0 Å². The zero-order chi connectivity index (χ0) is 13.9. The van der Waals surface area contributed by atoms with Crippen LogP contribution in [0.2, 0.25) is 0 Å². The molecule has 1 unspecified atom stereocenters. The molecule has 1 N–H and O–H groups in total. The Morgan fingerprint density at radius 3 is 2.74 bits per heavy atom.